The summed E-state index contributed by atoms with van der Waals surface area (Å²) in [6, 6.07) is 0.775. The van der Waals surface area contributed by atoms with Crippen molar-refractivity contribution in [1.29, 1.82) is 0 Å². The fourth-order valence-corrected chi connectivity index (χ4v) is 2.80. The van der Waals surface area contributed by atoms with Crippen molar-refractivity contribution in [2.45, 2.75) is 31.7 Å². The Bertz CT molecular complexity index is 167. The lowest BCUT2D eigenvalue weighted by atomic mass is 9.94. The van der Waals surface area contributed by atoms with Gasteiger partial charge in [-0.25, -0.2) is 0 Å². The molecule has 2 fully saturated rings. The molecule has 0 bridgehead atoms. The van der Waals surface area contributed by atoms with Crippen molar-refractivity contribution in [1.82, 2.24) is 10.2 Å². The number of likely N-dealkylation sites (tertiary alicyclic amines) is 1. The highest BCUT2D eigenvalue weighted by atomic mass is 16.3. The van der Waals surface area contributed by atoms with E-state index in [4.69, 9.17) is 5.11 Å². The Hall–Kier alpha value is -0.120. The molecule has 2 rings (SSSR count). The first kappa shape index (κ1) is 10.4. The van der Waals surface area contributed by atoms with Crippen molar-refractivity contribution in [3.63, 3.8) is 0 Å². The number of aliphatic hydroxyl groups excluding tert-OH is 1. The van der Waals surface area contributed by atoms with Crippen LogP contribution in [0.1, 0.15) is 25.7 Å². The van der Waals surface area contributed by atoms with Crippen LogP contribution in [0, 0.1) is 5.92 Å². The maximum atomic E-state index is 8.94. The van der Waals surface area contributed by atoms with Gasteiger partial charge in [0.1, 0.15) is 0 Å². The molecule has 0 amide bonds. The van der Waals surface area contributed by atoms with Gasteiger partial charge in [-0.3, -0.25) is 4.90 Å². The van der Waals surface area contributed by atoms with Crippen LogP contribution in [-0.4, -0.2) is 48.8 Å². The van der Waals surface area contributed by atoms with E-state index in [1.165, 1.54) is 45.4 Å². The zero-order valence-electron chi connectivity index (χ0n) is 8.91. The largest absolute Gasteiger partial charge is 0.396 e. The molecule has 3 heteroatoms. The highest BCUT2D eigenvalue weighted by Gasteiger charge is 2.27. The lowest BCUT2D eigenvalue weighted by molar-refractivity contribution is 0.114. The lowest BCUT2D eigenvalue weighted by Gasteiger charge is -2.36. The summed E-state index contributed by atoms with van der Waals surface area (Å²) in [5.41, 5.74) is 0. The van der Waals surface area contributed by atoms with E-state index < -0.39 is 0 Å². The Kier molecular flexibility index (Phi) is 3.79. The van der Waals surface area contributed by atoms with Crippen molar-refractivity contribution < 1.29 is 5.11 Å². The normalized spacial score (nSPS) is 34.9. The molecule has 0 aromatic rings. The third kappa shape index (κ3) is 2.47. The Morgan fingerprint density at radius 1 is 1.36 bits per heavy atom. The number of hydrogen-bond acceptors (Lipinski definition) is 3. The Morgan fingerprint density at radius 3 is 3.00 bits per heavy atom. The second-order valence-corrected chi connectivity index (χ2v) is 4.66. The third-order valence-electron chi connectivity index (χ3n) is 3.64. The summed E-state index contributed by atoms with van der Waals surface area (Å²) in [4.78, 5) is 2.63. The zero-order valence-corrected chi connectivity index (χ0v) is 8.91. The molecule has 2 N–H and O–H groups in total. The summed E-state index contributed by atoms with van der Waals surface area (Å²) in [6.45, 7) is 5.21. The van der Waals surface area contributed by atoms with Gasteiger partial charge in [-0.15, -0.1) is 0 Å². The number of nitrogens with zero attached hydrogens (tertiary/aromatic N) is 1. The number of piperidine rings is 1. The van der Waals surface area contributed by atoms with Crippen LogP contribution in [-0.2, 0) is 0 Å². The molecule has 0 spiro atoms. The molecule has 2 aliphatic rings. The van der Waals surface area contributed by atoms with Crippen molar-refractivity contribution >= 4 is 0 Å². The van der Waals surface area contributed by atoms with Crippen LogP contribution in [0.5, 0.6) is 0 Å². The molecule has 0 saturated carbocycles. The molecule has 82 valence electrons. The summed E-state index contributed by atoms with van der Waals surface area (Å²) in [6.07, 6.45) is 4.95. The molecule has 0 aromatic heterocycles. The molecule has 3 nitrogen and oxygen atoms in total. The van der Waals surface area contributed by atoms with Crippen LogP contribution in [0.4, 0.5) is 0 Å². The van der Waals surface area contributed by atoms with Gasteiger partial charge in [-0.2, -0.15) is 0 Å². The first-order valence-electron chi connectivity index (χ1n) is 5.96. The predicted molar refractivity (Wildman–Crippen MR) is 57.3 cm³/mol. The Balaban J connectivity index is 1.80. The minimum atomic E-state index is 0.363. The lowest BCUT2D eigenvalue weighted by Crippen LogP contribution is -2.43. The molecule has 0 radical (unpaired) electrons. The van der Waals surface area contributed by atoms with Crippen molar-refractivity contribution in [3.05, 3.63) is 0 Å². The fourth-order valence-electron chi connectivity index (χ4n) is 2.80. The zero-order chi connectivity index (χ0) is 9.80. The summed E-state index contributed by atoms with van der Waals surface area (Å²) in [5.74, 6) is 0.745. The number of hydrogen-bond donors (Lipinski definition) is 2. The summed E-state index contributed by atoms with van der Waals surface area (Å²) in [7, 11) is 0. The average Bonchev–Trinajstić information content (AvgIpc) is 2.71. The quantitative estimate of drug-likeness (QED) is 0.691. The maximum Gasteiger partial charge on any atom is 0.0434 e. The molecule has 14 heavy (non-hydrogen) atoms. The van der Waals surface area contributed by atoms with E-state index in [2.05, 4.69) is 10.2 Å². The van der Waals surface area contributed by atoms with Gasteiger partial charge in [-0.05, 0) is 44.7 Å². The van der Waals surface area contributed by atoms with E-state index in [1.807, 2.05) is 0 Å². The first-order chi connectivity index (χ1) is 6.90. The van der Waals surface area contributed by atoms with Crippen molar-refractivity contribution in [2.24, 2.45) is 5.92 Å². The second kappa shape index (κ2) is 5.10. The molecule has 2 atom stereocenters. The Labute approximate surface area is 86.5 Å². The van der Waals surface area contributed by atoms with Gasteiger partial charge < -0.3 is 10.4 Å². The summed E-state index contributed by atoms with van der Waals surface area (Å²) in [5, 5.41) is 12.4. The standard InChI is InChI=1S/C11H22N2O/c14-7-4-10-2-1-6-13(9-10)11-3-5-12-8-11/h10-12,14H,1-9H2. The van der Waals surface area contributed by atoms with Crippen molar-refractivity contribution in [3.8, 4) is 0 Å². The average molecular weight is 198 g/mol. The van der Waals surface area contributed by atoms with Crippen LogP contribution in [0.25, 0.3) is 0 Å². The van der Waals surface area contributed by atoms with E-state index in [-0.39, 0.29) is 0 Å². The van der Waals surface area contributed by atoms with Gasteiger partial charge in [0.2, 0.25) is 0 Å². The van der Waals surface area contributed by atoms with E-state index >= 15 is 0 Å². The van der Waals surface area contributed by atoms with E-state index in [9.17, 15) is 0 Å². The van der Waals surface area contributed by atoms with Crippen LogP contribution in [0.15, 0.2) is 0 Å². The highest BCUT2D eigenvalue weighted by molar-refractivity contribution is 4.84. The molecular weight excluding hydrogens is 176 g/mol. The highest BCUT2D eigenvalue weighted by Crippen LogP contribution is 2.22. The monoisotopic (exact) mass is 198 g/mol. The molecule has 2 aliphatic heterocycles. The topological polar surface area (TPSA) is 35.5 Å². The molecule has 0 aromatic carbocycles. The second-order valence-electron chi connectivity index (χ2n) is 4.66. The predicted octanol–water partition coefficient (Wildman–Crippen LogP) is 0.443. The Morgan fingerprint density at radius 2 is 2.29 bits per heavy atom. The molecular formula is C11H22N2O. The van der Waals surface area contributed by atoms with Crippen LogP contribution >= 0.6 is 0 Å². The molecule has 2 unspecified atom stereocenters. The third-order valence-corrected chi connectivity index (χ3v) is 3.64. The van der Waals surface area contributed by atoms with E-state index in [0.717, 1.165) is 18.4 Å². The number of nitrogens with one attached hydrogen (secondary N) is 1. The molecule has 2 saturated heterocycles. The van der Waals surface area contributed by atoms with Gasteiger partial charge in [0.25, 0.3) is 0 Å². The van der Waals surface area contributed by atoms with Crippen LogP contribution < -0.4 is 5.32 Å². The van der Waals surface area contributed by atoms with Gasteiger partial charge in [0.15, 0.2) is 0 Å². The van der Waals surface area contributed by atoms with Gasteiger partial charge >= 0.3 is 0 Å². The summed E-state index contributed by atoms with van der Waals surface area (Å²) >= 11 is 0. The minimum Gasteiger partial charge on any atom is -0.396 e. The van der Waals surface area contributed by atoms with Crippen LogP contribution in [0.3, 0.4) is 0 Å². The van der Waals surface area contributed by atoms with Gasteiger partial charge in [0, 0.05) is 25.7 Å². The van der Waals surface area contributed by atoms with Crippen molar-refractivity contribution in [2.75, 3.05) is 32.8 Å². The molecule has 2 heterocycles. The van der Waals surface area contributed by atoms with E-state index in [0.29, 0.717) is 6.61 Å². The smallest absolute Gasteiger partial charge is 0.0434 e. The van der Waals surface area contributed by atoms with Crippen LogP contribution in [0.2, 0.25) is 0 Å². The SMILES string of the molecule is OCCC1CCCN(C2CCNC2)C1. The van der Waals surface area contributed by atoms with Gasteiger partial charge in [-0.1, -0.05) is 0 Å². The fraction of sp³-hybridized carbons (Fsp3) is 1.00. The maximum absolute atomic E-state index is 8.94. The first-order valence-corrected chi connectivity index (χ1v) is 5.96. The summed E-state index contributed by atoms with van der Waals surface area (Å²) < 4.78 is 0. The van der Waals surface area contributed by atoms with Gasteiger partial charge in [0.05, 0.1) is 0 Å². The van der Waals surface area contributed by atoms with E-state index in [1.54, 1.807) is 0 Å². The number of aliphatic hydroxyl groups is 1. The minimum absolute atomic E-state index is 0.363. The number of rotatable bonds is 3. The molecule has 0 aliphatic carbocycles.